The fraction of sp³-hybridized carbons (Fsp3) is 0.333. The second-order valence-corrected chi connectivity index (χ2v) is 5.50. The van der Waals surface area contributed by atoms with Gasteiger partial charge in [0.1, 0.15) is 15.4 Å². The van der Waals surface area contributed by atoms with Crippen LogP contribution in [0.15, 0.2) is 30.3 Å². The van der Waals surface area contributed by atoms with Crippen LogP contribution in [0, 0.1) is 0 Å². The Morgan fingerprint density at radius 3 is 2.62 bits per heavy atom. The summed E-state index contributed by atoms with van der Waals surface area (Å²) in [6, 6.07) is 10.0. The third kappa shape index (κ3) is 1.97. The van der Waals surface area contributed by atoms with Crippen molar-refractivity contribution in [3.63, 3.8) is 0 Å². The van der Waals surface area contributed by atoms with Gasteiger partial charge < -0.3 is 0 Å². The summed E-state index contributed by atoms with van der Waals surface area (Å²) in [5.74, 6) is 0.658. The summed E-state index contributed by atoms with van der Waals surface area (Å²) in [4.78, 5) is 0. The molecule has 4 heteroatoms. The zero-order chi connectivity index (χ0) is 11.0. The molecule has 1 heterocycles. The maximum absolute atomic E-state index is 6.38. The van der Waals surface area contributed by atoms with Gasteiger partial charge in [-0.25, -0.2) is 0 Å². The summed E-state index contributed by atoms with van der Waals surface area (Å²) in [5, 5.41) is 10.3. The maximum atomic E-state index is 6.38. The highest BCUT2D eigenvalue weighted by Crippen LogP contribution is 2.43. The fourth-order valence-corrected chi connectivity index (χ4v) is 2.95. The van der Waals surface area contributed by atoms with Gasteiger partial charge in [-0.2, -0.15) is 0 Å². The summed E-state index contributed by atoms with van der Waals surface area (Å²) < 4.78 is 0. The standard InChI is InChI=1S/C12H11ClN2S/c13-10(8-4-2-1-3-5-8)12-15-14-11(16-12)9-6-7-9/h1-5,9-10H,6-7H2. The minimum atomic E-state index is -0.161. The molecule has 82 valence electrons. The SMILES string of the molecule is ClC(c1ccccc1)c1nnc(C2CC2)s1. The predicted octanol–water partition coefficient (Wildman–Crippen LogP) is 3.74. The molecule has 0 amide bonds. The lowest BCUT2D eigenvalue weighted by Gasteiger charge is -2.04. The highest BCUT2D eigenvalue weighted by atomic mass is 35.5. The van der Waals surface area contributed by atoms with Crippen molar-refractivity contribution in [3.05, 3.63) is 45.9 Å². The van der Waals surface area contributed by atoms with E-state index in [-0.39, 0.29) is 5.38 Å². The van der Waals surface area contributed by atoms with Gasteiger partial charge in [-0.15, -0.1) is 21.8 Å². The van der Waals surface area contributed by atoms with Crippen LogP contribution in [-0.4, -0.2) is 10.2 Å². The van der Waals surface area contributed by atoms with Crippen LogP contribution in [0.25, 0.3) is 0 Å². The largest absolute Gasteiger partial charge is 0.143 e. The van der Waals surface area contributed by atoms with E-state index < -0.39 is 0 Å². The Morgan fingerprint density at radius 2 is 1.94 bits per heavy atom. The molecule has 0 radical (unpaired) electrons. The first-order valence-corrected chi connectivity index (χ1v) is 6.62. The molecule has 1 unspecified atom stereocenters. The van der Waals surface area contributed by atoms with Crippen molar-refractivity contribution in [2.24, 2.45) is 0 Å². The molecule has 1 atom stereocenters. The summed E-state index contributed by atoms with van der Waals surface area (Å²) in [6.45, 7) is 0. The number of hydrogen-bond acceptors (Lipinski definition) is 3. The van der Waals surface area contributed by atoms with E-state index in [2.05, 4.69) is 10.2 Å². The van der Waals surface area contributed by atoms with E-state index in [1.54, 1.807) is 11.3 Å². The normalized spacial score (nSPS) is 17.3. The lowest BCUT2D eigenvalue weighted by atomic mass is 10.1. The van der Waals surface area contributed by atoms with Crippen molar-refractivity contribution in [2.45, 2.75) is 24.1 Å². The van der Waals surface area contributed by atoms with Gasteiger partial charge in [0.2, 0.25) is 0 Å². The zero-order valence-corrected chi connectivity index (χ0v) is 10.2. The van der Waals surface area contributed by atoms with Gasteiger partial charge in [-0.1, -0.05) is 41.7 Å². The van der Waals surface area contributed by atoms with Gasteiger partial charge >= 0.3 is 0 Å². The highest BCUT2D eigenvalue weighted by molar-refractivity contribution is 7.11. The van der Waals surface area contributed by atoms with Crippen molar-refractivity contribution in [3.8, 4) is 0 Å². The number of halogens is 1. The molecular formula is C12H11ClN2S. The topological polar surface area (TPSA) is 25.8 Å². The van der Waals surface area contributed by atoms with E-state index in [0.29, 0.717) is 5.92 Å². The number of alkyl halides is 1. The Balaban J connectivity index is 1.85. The molecule has 0 spiro atoms. The van der Waals surface area contributed by atoms with Gasteiger partial charge in [0.15, 0.2) is 0 Å². The molecule has 3 rings (SSSR count). The first kappa shape index (κ1) is 10.2. The van der Waals surface area contributed by atoms with E-state index in [1.807, 2.05) is 30.3 Å². The molecule has 1 aliphatic carbocycles. The summed E-state index contributed by atoms with van der Waals surface area (Å²) >= 11 is 8.03. The Bertz CT molecular complexity index is 479. The molecule has 1 aromatic heterocycles. The van der Waals surface area contributed by atoms with E-state index in [1.165, 1.54) is 12.8 Å². The van der Waals surface area contributed by atoms with Gasteiger partial charge in [0.05, 0.1) is 0 Å². The minimum absolute atomic E-state index is 0.161. The Hall–Kier alpha value is -0.930. The minimum Gasteiger partial charge on any atom is -0.143 e. The molecule has 16 heavy (non-hydrogen) atoms. The molecule has 1 aliphatic rings. The van der Waals surface area contributed by atoms with Crippen molar-refractivity contribution in [1.29, 1.82) is 0 Å². The molecular weight excluding hydrogens is 240 g/mol. The van der Waals surface area contributed by atoms with Crippen LogP contribution in [0.1, 0.15) is 39.7 Å². The number of aromatic nitrogens is 2. The van der Waals surface area contributed by atoms with Gasteiger partial charge in [0, 0.05) is 5.92 Å². The Kier molecular flexibility index (Phi) is 2.65. The molecule has 0 saturated heterocycles. The molecule has 2 aromatic rings. The average Bonchev–Trinajstić information content (AvgIpc) is 3.08. The quantitative estimate of drug-likeness (QED) is 0.776. The highest BCUT2D eigenvalue weighted by Gasteiger charge is 2.28. The molecule has 0 bridgehead atoms. The molecule has 1 saturated carbocycles. The zero-order valence-electron chi connectivity index (χ0n) is 8.64. The summed E-state index contributed by atoms with van der Waals surface area (Å²) in [7, 11) is 0. The van der Waals surface area contributed by atoms with E-state index >= 15 is 0 Å². The molecule has 1 fully saturated rings. The number of nitrogens with zero attached hydrogens (tertiary/aromatic N) is 2. The predicted molar refractivity (Wildman–Crippen MR) is 66.0 cm³/mol. The molecule has 2 nitrogen and oxygen atoms in total. The van der Waals surface area contributed by atoms with Gasteiger partial charge in [-0.05, 0) is 18.4 Å². The second kappa shape index (κ2) is 4.15. The van der Waals surface area contributed by atoms with Crippen LogP contribution in [0.2, 0.25) is 0 Å². The van der Waals surface area contributed by atoms with Crippen molar-refractivity contribution >= 4 is 22.9 Å². The smallest absolute Gasteiger partial charge is 0.139 e. The summed E-state index contributed by atoms with van der Waals surface area (Å²) in [5.41, 5.74) is 1.09. The third-order valence-electron chi connectivity index (χ3n) is 2.69. The van der Waals surface area contributed by atoms with E-state index in [4.69, 9.17) is 11.6 Å². The second-order valence-electron chi connectivity index (χ2n) is 4.03. The van der Waals surface area contributed by atoms with Crippen LogP contribution in [0.4, 0.5) is 0 Å². The molecule has 1 aromatic carbocycles. The summed E-state index contributed by atoms with van der Waals surface area (Å²) in [6.07, 6.45) is 2.51. The van der Waals surface area contributed by atoms with E-state index in [9.17, 15) is 0 Å². The average molecular weight is 251 g/mol. The maximum Gasteiger partial charge on any atom is 0.139 e. The van der Waals surface area contributed by atoms with E-state index in [0.717, 1.165) is 15.6 Å². The van der Waals surface area contributed by atoms with Crippen molar-refractivity contribution in [2.75, 3.05) is 0 Å². The van der Waals surface area contributed by atoms with Crippen molar-refractivity contribution in [1.82, 2.24) is 10.2 Å². The molecule has 0 aliphatic heterocycles. The van der Waals surface area contributed by atoms with Gasteiger partial charge in [0.25, 0.3) is 0 Å². The van der Waals surface area contributed by atoms with Gasteiger partial charge in [-0.3, -0.25) is 0 Å². The van der Waals surface area contributed by atoms with Crippen LogP contribution >= 0.6 is 22.9 Å². The number of rotatable bonds is 3. The van der Waals surface area contributed by atoms with Crippen LogP contribution in [0.3, 0.4) is 0 Å². The third-order valence-corrected chi connectivity index (χ3v) is 4.43. The molecule has 0 N–H and O–H groups in total. The monoisotopic (exact) mass is 250 g/mol. The lowest BCUT2D eigenvalue weighted by Crippen LogP contribution is -1.91. The van der Waals surface area contributed by atoms with Crippen LogP contribution in [0.5, 0.6) is 0 Å². The van der Waals surface area contributed by atoms with Crippen molar-refractivity contribution < 1.29 is 0 Å². The Morgan fingerprint density at radius 1 is 1.19 bits per heavy atom. The first-order valence-electron chi connectivity index (χ1n) is 5.37. The van der Waals surface area contributed by atoms with Crippen LogP contribution < -0.4 is 0 Å². The fourth-order valence-electron chi connectivity index (χ4n) is 1.61. The first-order chi connectivity index (χ1) is 7.84. The Labute approximate surface area is 103 Å². The number of benzene rings is 1. The number of hydrogen-bond donors (Lipinski definition) is 0. The van der Waals surface area contributed by atoms with Crippen LogP contribution in [-0.2, 0) is 0 Å². The lowest BCUT2D eigenvalue weighted by molar-refractivity contribution is 0.932.